The summed E-state index contributed by atoms with van der Waals surface area (Å²) in [4.78, 5) is 28.3. The summed E-state index contributed by atoms with van der Waals surface area (Å²) >= 11 is 0. The molecule has 1 saturated heterocycles. The highest BCUT2D eigenvalue weighted by molar-refractivity contribution is 5.97. The smallest absolute Gasteiger partial charge is 0.231 e. The fourth-order valence-corrected chi connectivity index (χ4v) is 4.61. The molecule has 1 fully saturated rings. The van der Waals surface area contributed by atoms with Gasteiger partial charge in [0, 0.05) is 24.7 Å². The van der Waals surface area contributed by atoms with Crippen molar-refractivity contribution in [3.05, 3.63) is 83.7 Å². The number of hydrogen-bond donors (Lipinski definition) is 1. The SMILES string of the molecule is COc1ccc([C@H]2[C@H](C(=O)NCc3ccc(F)cc3)CCC(=O)N2c2ccc3c(c2)OCO3)cc1. The number of carbonyl (C=O) groups is 2. The topological polar surface area (TPSA) is 77.1 Å². The number of hydrogen-bond acceptors (Lipinski definition) is 5. The van der Waals surface area contributed by atoms with Crippen LogP contribution in [0.15, 0.2) is 66.7 Å². The Kier molecular flexibility index (Phi) is 6.27. The van der Waals surface area contributed by atoms with Gasteiger partial charge < -0.3 is 24.4 Å². The number of amides is 2. The van der Waals surface area contributed by atoms with Gasteiger partial charge in [-0.3, -0.25) is 9.59 Å². The Morgan fingerprint density at radius 3 is 2.54 bits per heavy atom. The first-order chi connectivity index (χ1) is 17.0. The Balaban J connectivity index is 1.47. The molecular weight excluding hydrogens is 451 g/mol. The molecule has 0 aromatic heterocycles. The summed E-state index contributed by atoms with van der Waals surface area (Å²) in [7, 11) is 1.59. The van der Waals surface area contributed by atoms with Crippen molar-refractivity contribution in [3.63, 3.8) is 0 Å². The number of carbonyl (C=O) groups excluding carboxylic acids is 2. The second kappa shape index (κ2) is 9.66. The van der Waals surface area contributed by atoms with E-state index in [2.05, 4.69) is 5.32 Å². The number of rotatable bonds is 6. The summed E-state index contributed by atoms with van der Waals surface area (Å²) in [6.07, 6.45) is 0.640. The van der Waals surface area contributed by atoms with E-state index in [1.165, 1.54) is 12.1 Å². The molecule has 0 unspecified atom stereocenters. The molecule has 2 atom stereocenters. The van der Waals surface area contributed by atoms with Crippen molar-refractivity contribution in [2.24, 2.45) is 5.92 Å². The second-order valence-electron chi connectivity index (χ2n) is 8.51. The predicted octanol–water partition coefficient (Wildman–Crippen LogP) is 4.36. The number of methoxy groups -OCH3 is 1. The maximum absolute atomic E-state index is 13.4. The van der Waals surface area contributed by atoms with Gasteiger partial charge in [0.15, 0.2) is 11.5 Å². The molecule has 2 aliphatic heterocycles. The third-order valence-corrected chi connectivity index (χ3v) is 6.41. The van der Waals surface area contributed by atoms with E-state index in [1.807, 2.05) is 24.3 Å². The molecule has 3 aromatic carbocycles. The molecule has 0 bridgehead atoms. The molecule has 2 heterocycles. The Morgan fingerprint density at radius 2 is 1.80 bits per heavy atom. The van der Waals surface area contributed by atoms with Crippen LogP contribution < -0.4 is 24.4 Å². The number of nitrogens with zero attached hydrogens (tertiary/aromatic N) is 1. The Bertz CT molecular complexity index is 1230. The lowest BCUT2D eigenvalue weighted by molar-refractivity contribution is -0.129. The number of nitrogens with one attached hydrogen (secondary N) is 1. The van der Waals surface area contributed by atoms with Gasteiger partial charge in [0.05, 0.1) is 19.1 Å². The quantitative estimate of drug-likeness (QED) is 0.572. The van der Waals surface area contributed by atoms with Gasteiger partial charge in [-0.25, -0.2) is 4.39 Å². The fourth-order valence-electron chi connectivity index (χ4n) is 4.61. The van der Waals surface area contributed by atoms with Crippen LogP contribution in [0.25, 0.3) is 0 Å². The number of piperidine rings is 1. The number of benzene rings is 3. The fraction of sp³-hybridized carbons (Fsp3) is 0.259. The standard InChI is InChI=1S/C27H25FN2O5/c1-33-21-9-4-18(5-10-21)26-22(27(32)29-15-17-2-6-19(28)7-3-17)11-13-25(31)30(26)20-8-12-23-24(14-20)35-16-34-23/h2-10,12,14,22,26H,11,13,15-16H2,1H3,(H,29,32)/t22-,26+/m1/s1. The van der Waals surface area contributed by atoms with Gasteiger partial charge in [-0.2, -0.15) is 0 Å². The molecule has 180 valence electrons. The summed E-state index contributed by atoms with van der Waals surface area (Å²) < 4.78 is 29.5. The molecule has 35 heavy (non-hydrogen) atoms. The Hall–Kier alpha value is -4.07. The zero-order chi connectivity index (χ0) is 24.4. The molecule has 5 rings (SSSR count). The van der Waals surface area contributed by atoms with Gasteiger partial charge in [-0.05, 0) is 53.9 Å². The zero-order valence-corrected chi connectivity index (χ0v) is 19.2. The average molecular weight is 477 g/mol. The molecule has 8 heteroatoms. The third-order valence-electron chi connectivity index (χ3n) is 6.41. The maximum Gasteiger partial charge on any atom is 0.231 e. The summed E-state index contributed by atoms with van der Waals surface area (Å²) in [6, 6.07) is 18.2. The normalized spacial score (nSPS) is 18.9. The van der Waals surface area contributed by atoms with Crippen LogP contribution >= 0.6 is 0 Å². The van der Waals surface area contributed by atoms with Crippen molar-refractivity contribution >= 4 is 17.5 Å². The van der Waals surface area contributed by atoms with Crippen LogP contribution in [-0.2, 0) is 16.1 Å². The van der Waals surface area contributed by atoms with E-state index in [9.17, 15) is 14.0 Å². The zero-order valence-electron chi connectivity index (χ0n) is 19.2. The molecule has 7 nitrogen and oxygen atoms in total. The number of ether oxygens (including phenoxy) is 3. The van der Waals surface area contributed by atoms with Crippen molar-refractivity contribution < 1.29 is 28.2 Å². The Morgan fingerprint density at radius 1 is 1.06 bits per heavy atom. The number of anilines is 1. The van der Waals surface area contributed by atoms with Crippen LogP contribution in [0.3, 0.4) is 0 Å². The maximum atomic E-state index is 13.4. The number of fused-ring (bicyclic) bond motifs is 1. The van der Waals surface area contributed by atoms with Gasteiger partial charge in [-0.1, -0.05) is 24.3 Å². The van der Waals surface area contributed by atoms with E-state index in [0.717, 1.165) is 11.1 Å². The molecule has 0 aliphatic carbocycles. The largest absolute Gasteiger partial charge is 0.497 e. The highest BCUT2D eigenvalue weighted by atomic mass is 19.1. The first-order valence-corrected chi connectivity index (χ1v) is 11.4. The lowest BCUT2D eigenvalue weighted by Gasteiger charge is -2.41. The molecule has 0 spiro atoms. The molecular formula is C27H25FN2O5. The van der Waals surface area contributed by atoms with Crippen LogP contribution in [0.1, 0.15) is 30.0 Å². The van der Waals surface area contributed by atoms with Gasteiger partial charge in [0.2, 0.25) is 18.6 Å². The van der Waals surface area contributed by atoms with Crippen LogP contribution in [0.2, 0.25) is 0 Å². The minimum Gasteiger partial charge on any atom is -0.497 e. The van der Waals surface area contributed by atoms with Crippen molar-refractivity contribution in [1.82, 2.24) is 5.32 Å². The van der Waals surface area contributed by atoms with Gasteiger partial charge >= 0.3 is 0 Å². The molecule has 2 aliphatic rings. The Labute approximate surface area is 202 Å². The van der Waals surface area contributed by atoms with Gasteiger partial charge in [0.25, 0.3) is 0 Å². The highest BCUT2D eigenvalue weighted by Crippen LogP contribution is 2.43. The van der Waals surface area contributed by atoms with Crippen molar-refractivity contribution in [1.29, 1.82) is 0 Å². The van der Waals surface area contributed by atoms with E-state index >= 15 is 0 Å². The summed E-state index contributed by atoms with van der Waals surface area (Å²) in [5.74, 6) is 0.791. The minimum absolute atomic E-state index is 0.0766. The van der Waals surface area contributed by atoms with E-state index in [-0.39, 0.29) is 37.4 Å². The van der Waals surface area contributed by atoms with Crippen molar-refractivity contribution in [2.75, 3.05) is 18.8 Å². The monoisotopic (exact) mass is 476 g/mol. The molecule has 0 saturated carbocycles. The lowest BCUT2D eigenvalue weighted by atomic mass is 9.83. The third kappa shape index (κ3) is 4.64. The van der Waals surface area contributed by atoms with Crippen LogP contribution in [0.4, 0.5) is 10.1 Å². The minimum atomic E-state index is -0.532. The van der Waals surface area contributed by atoms with Gasteiger partial charge in [0.1, 0.15) is 11.6 Å². The lowest BCUT2D eigenvalue weighted by Crippen LogP contribution is -2.48. The molecule has 2 amide bonds. The van der Waals surface area contributed by atoms with Crippen LogP contribution in [0, 0.1) is 11.7 Å². The first kappa shape index (κ1) is 22.7. The van der Waals surface area contributed by atoms with Crippen molar-refractivity contribution in [3.8, 4) is 17.2 Å². The highest BCUT2D eigenvalue weighted by Gasteiger charge is 2.41. The summed E-state index contributed by atoms with van der Waals surface area (Å²) in [5.41, 5.74) is 2.25. The number of halogens is 1. The molecule has 1 N–H and O–H groups in total. The van der Waals surface area contributed by atoms with E-state index < -0.39 is 12.0 Å². The van der Waals surface area contributed by atoms with E-state index in [0.29, 0.717) is 29.4 Å². The summed E-state index contributed by atoms with van der Waals surface area (Å²) in [5, 5.41) is 2.97. The predicted molar refractivity (Wildman–Crippen MR) is 127 cm³/mol. The van der Waals surface area contributed by atoms with Gasteiger partial charge in [-0.15, -0.1) is 0 Å². The first-order valence-electron chi connectivity index (χ1n) is 11.4. The van der Waals surface area contributed by atoms with E-state index in [4.69, 9.17) is 14.2 Å². The van der Waals surface area contributed by atoms with Crippen molar-refractivity contribution in [2.45, 2.75) is 25.4 Å². The van der Waals surface area contributed by atoms with E-state index in [1.54, 1.807) is 42.3 Å². The summed E-state index contributed by atoms with van der Waals surface area (Å²) in [6.45, 7) is 0.395. The molecule has 3 aromatic rings. The molecule has 0 radical (unpaired) electrons. The average Bonchev–Trinajstić information content (AvgIpc) is 3.36. The van der Waals surface area contributed by atoms with Crippen LogP contribution in [-0.4, -0.2) is 25.7 Å². The van der Waals surface area contributed by atoms with Crippen LogP contribution in [0.5, 0.6) is 17.2 Å². The second-order valence-corrected chi connectivity index (χ2v) is 8.51.